The van der Waals surface area contributed by atoms with Crippen LogP contribution >= 0.6 is 15.9 Å². The number of alkyl halides is 1. The van der Waals surface area contributed by atoms with Crippen LogP contribution in [0, 0.1) is 5.92 Å². The molecular formula is C35H41BrN2O5. The number of allylic oxidation sites excluding steroid dienone is 4. The summed E-state index contributed by atoms with van der Waals surface area (Å²) in [5.74, 6) is -0.542. The Morgan fingerprint density at radius 1 is 1.00 bits per heavy atom. The van der Waals surface area contributed by atoms with Gasteiger partial charge in [-0.05, 0) is 49.3 Å². The second kappa shape index (κ2) is 17.0. The van der Waals surface area contributed by atoms with Gasteiger partial charge in [0, 0.05) is 43.9 Å². The molecule has 43 heavy (non-hydrogen) atoms. The Labute approximate surface area is 263 Å². The lowest BCUT2D eigenvalue weighted by atomic mass is 9.94. The molecule has 1 fully saturated rings. The molecule has 0 bridgehead atoms. The largest absolute Gasteiger partial charge is 0.461 e. The van der Waals surface area contributed by atoms with Crippen LogP contribution in [0.5, 0.6) is 0 Å². The number of para-hydroxylation sites is 1. The third-order valence-corrected chi connectivity index (χ3v) is 8.71. The van der Waals surface area contributed by atoms with Gasteiger partial charge in [0.25, 0.3) is 0 Å². The van der Waals surface area contributed by atoms with E-state index in [9.17, 15) is 14.4 Å². The minimum Gasteiger partial charge on any atom is -0.461 e. The number of carbonyl (C=O) groups is 3. The first-order chi connectivity index (χ1) is 20.9. The SMILES string of the molecule is CCC(=O)N(c1ccccc1)C1CCN(CCC2=CCC(/C=C/C(=O)OCCOC(=O)C(Br)c3ccccc3)C=C2)CC1. The molecule has 7 nitrogen and oxygen atoms in total. The van der Waals surface area contributed by atoms with Gasteiger partial charge in [-0.1, -0.05) is 101 Å². The van der Waals surface area contributed by atoms with Gasteiger partial charge in [0.2, 0.25) is 5.91 Å². The van der Waals surface area contributed by atoms with Crippen molar-refractivity contribution in [2.45, 2.75) is 49.9 Å². The molecule has 2 unspecified atom stereocenters. The number of rotatable bonds is 13. The highest BCUT2D eigenvalue weighted by Crippen LogP contribution is 2.26. The lowest BCUT2D eigenvalue weighted by Crippen LogP contribution is -2.47. The molecule has 0 aromatic heterocycles. The van der Waals surface area contributed by atoms with Crippen LogP contribution in [0.2, 0.25) is 0 Å². The topological polar surface area (TPSA) is 76.2 Å². The lowest BCUT2D eigenvalue weighted by molar-refractivity contribution is -0.149. The molecule has 2 aliphatic rings. The maximum Gasteiger partial charge on any atom is 0.330 e. The van der Waals surface area contributed by atoms with E-state index in [2.05, 4.69) is 39.1 Å². The van der Waals surface area contributed by atoms with Crippen LogP contribution in [0.1, 0.15) is 49.4 Å². The number of hydrogen-bond donors (Lipinski definition) is 0. The summed E-state index contributed by atoms with van der Waals surface area (Å²) < 4.78 is 10.4. The zero-order chi connectivity index (χ0) is 30.4. The zero-order valence-electron chi connectivity index (χ0n) is 24.8. The highest BCUT2D eigenvalue weighted by atomic mass is 79.9. The molecule has 1 aliphatic heterocycles. The van der Waals surface area contributed by atoms with Crippen LogP contribution in [0.15, 0.2) is 96.6 Å². The first-order valence-electron chi connectivity index (χ1n) is 15.1. The number of amides is 1. The summed E-state index contributed by atoms with van der Waals surface area (Å²) in [6.07, 6.45) is 14.1. The second-order valence-corrected chi connectivity index (χ2v) is 11.7. The minimum absolute atomic E-state index is 0.00258. The van der Waals surface area contributed by atoms with Gasteiger partial charge in [-0.15, -0.1) is 0 Å². The highest BCUT2D eigenvalue weighted by molar-refractivity contribution is 9.09. The summed E-state index contributed by atoms with van der Waals surface area (Å²) in [7, 11) is 0. The van der Waals surface area contributed by atoms with Crippen LogP contribution in [-0.2, 0) is 23.9 Å². The molecule has 1 aliphatic carbocycles. The fourth-order valence-electron chi connectivity index (χ4n) is 5.38. The summed E-state index contributed by atoms with van der Waals surface area (Å²) in [5.41, 5.74) is 3.11. The number of nitrogens with zero attached hydrogens (tertiary/aromatic N) is 2. The molecule has 1 heterocycles. The summed E-state index contributed by atoms with van der Waals surface area (Å²) in [6, 6.07) is 19.5. The predicted octanol–water partition coefficient (Wildman–Crippen LogP) is 6.57. The first-order valence-corrected chi connectivity index (χ1v) is 16.0. The Morgan fingerprint density at radius 2 is 1.67 bits per heavy atom. The van der Waals surface area contributed by atoms with Gasteiger partial charge in [0.15, 0.2) is 0 Å². The van der Waals surface area contributed by atoms with E-state index in [0.717, 1.165) is 56.6 Å². The van der Waals surface area contributed by atoms with E-state index in [1.54, 1.807) is 0 Å². The van der Waals surface area contributed by atoms with Crippen molar-refractivity contribution in [2.24, 2.45) is 5.92 Å². The van der Waals surface area contributed by atoms with Gasteiger partial charge < -0.3 is 19.3 Å². The molecular weight excluding hydrogens is 608 g/mol. The molecule has 8 heteroatoms. The van der Waals surface area contributed by atoms with E-state index in [1.807, 2.05) is 78.6 Å². The van der Waals surface area contributed by atoms with Crippen molar-refractivity contribution in [3.8, 4) is 0 Å². The van der Waals surface area contributed by atoms with Crippen LogP contribution < -0.4 is 4.90 Å². The number of likely N-dealkylation sites (tertiary alicyclic amines) is 1. The molecule has 4 rings (SSSR count). The van der Waals surface area contributed by atoms with E-state index >= 15 is 0 Å². The van der Waals surface area contributed by atoms with Gasteiger partial charge in [-0.3, -0.25) is 9.59 Å². The monoisotopic (exact) mass is 648 g/mol. The van der Waals surface area contributed by atoms with Crippen LogP contribution in [0.4, 0.5) is 5.69 Å². The summed E-state index contributed by atoms with van der Waals surface area (Å²) in [5, 5.41) is 0. The van der Waals surface area contributed by atoms with Crippen LogP contribution in [0.25, 0.3) is 0 Å². The van der Waals surface area contributed by atoms with Gasteiger partial charge in [-0.2, -0.15) is 0 Å². The van der Waals surface area contributed by atoms with Crippen LogP contribution in [0.3, 0.4) is 0 Å². The third-order valence-electron chi connectivity index (χ3n) is 7.80. The molecule has 0 N–H and O–H groups in total. The van der Waals surface area contributed by atoms with E-state index in [-0.39, 0.29) is 31.1 Å². The summed E-state index contributed by atoms with van der Waals surface area (Å²) in [6.45, 7) is 4.90. The number of ether oxygens (including phenoxy) is 2. The maximum atomic E-state index is 12.7. The van der Waals surface area contributed by atoms with Crippen molar-refractivity contribution < 1.29 is 23.9 Å². The van der Waals surface area contributed by atoms with Crippen LogP contribution in [-0.4, -0.2) is 61.6 Å². The van der Waals surface area contributed by atoms with Gasteiger partial charge in [0.05, 0.1) is 0 Å². The van der Waals surface area contributed by atoms with Crippen molar-refractivity contribution in [1.29, 1.82) is 0 Å². The van der Waals surface area contributed by atoms with E-state index in [0.29, 0.717) is 6.42 Å². The third kappa shape index (κ3) is 10.0. The Morgan fingerprint density at radius 3 is 2.33 bits per heavy atom. The van der Waals surface area contributed by atoms with Crippen molar-refractivity contribution in [1.82, 2.24) is 4.90 Å². The first kappa shape index (κ1) is 32.4. The fourth-order valence-corrected chi connectivity index (χ4v) is 5.82. The van der Waals surface area contributed by atoms with Gasteiger partial charge >= 0.3 is 11.9 Å². The fraction of sp³-hybridized carbons (Fsp3) is 0.400. The van der Waals surface area contributed by atoms with Gasteiger partial charge in [0.1, 0.15) is 18.0 Å². The minimum atomic E-state index is -0.555. The molecule has 2 atom stereocenters. The quantitative estimate of drug-likeness (QED) is 0.106. The van der Waals surface area contributed by atoms with Crippen molar-refractivity contribution in [3.05, 3.63) is 102 Å². The van der Waals surface area contributed by atoms with E-state index in [1.165, 1.54) is 11.6 Å². The Hall–Kier alpha value is -3.49. The maximum absolute atomic E-state index is 12.7. The average Bonchev–Trinajstić information content (AvgIpc) is 3.06. The molecule has 1 amide bonds. The average molecular weight is 650 g/mol. The standard InChI is InChI=1S/C35H41BrN2O5/c1-2-32(39)38(30-11-7-4-8-12-30)31-20-23-37(24-21-31)22-19-28-15-13-27(14-16-28)17-18-33(40)42-25-26-43-35(41)34(36)29-9-5-3-6-10-29/h3-13,15-18,27,31,34H,2,14,19-26H2,1H3/b18-17+. The Bertz CT molecular complexity index is 1290. The second-order valence-electron chi connectivity index (χ2n) is 10.8. The Kier molecular flexibility index (Phi) is 12.8. The number of hydrogen-bond acceptors (Lipinski definition) is 6. The molecule has 0 spiro atoms. The number of piperidine rings is 1. The number of halogens is 1. The van der Waals surface area contributed by atoms with E-state index < -0.39 is 16.8 Å². The van der Waals surface area contributed by atoms with E-state index in [4.69, 9.17) is 9.47 Å². The number of anilines is 1. The summed E-state index contributed by atoms with van der Waals surface area (Å²) in [4.78, 5) is 40.9. The number of benzene rings is 2. The number of esters is 2. The van der Waals surface area contributed by atoms with Gasteiger partial charge in [-0.25, -0.2) is 4.79 Å². The molecule has 0 radical (unpaired) electrons. The van der Waals surface area contributed by atoms with Crippen molar-refractivity contribution >= 4 is 39.5 Å². The smallest absolute Gasteiger partial charge is 0.330 e. The highest BCUT2D eigenvalue weighted by Gasteiger charge is 2.28. The molecule has 2 aromatic rings. The zero-order valence-corrected chi connectivity index (χ0v) is 26.4. The molecule has 2 aromatic carbocycles. The normalized spacial score (nSPS) is 18.2. The number of carbonyl (C=O) groups excluding carboxylic acids is 3. The van der Waals surface area contributed by atoms with Crippen molar-refractivity contribution in [2.75, 3.05) is 37.7 Å². The Balaban J connectivity index is 1.11. The molecule has 228 valence electrons. The summed E-state index contributed by atoms with van der Waals surface area (Å²) >= 11 is 3.34. The lowest BCUT2D eigenvalue weighted by Gasteiger charge is -2.38. The van der Waals surface area contributed by atoms with Crippen molar-refractivity contribution in [3.63, 3.8) is 0 Å². The molecule has 1 saturated heterocycles. The predicted molar refractivity (Wildman–Crippen MR) is 173 cm³/mol. The molecule has 0 saturated carbocycles.